The molecule has 0 heterocycles. The first-order valence-electron chi connectivity index (χ1n) is 8.59. The van der Waals surface area contributed by atoms with E-state index in [1.807, 2.05) is 24.3 Å². The molecule has 0 amide bonds. The van der Waals surface area contributed by atoms with Gasteiger partial charge in [-0.2, -0.15) is 13.2 Å². The largest absolute Gasteiger partial charge is 0.411 e. The molecule has 2 N–H and O–H groups in total. The van der Waals surface area contributed by atoms with Crippen LogP contribution in [-0.4, -0.2) is 25.8 Å². The molecule has 2 aromatic carbocycles. The van der Waals surface area contributed by atoms with Gasteiger partial charge in [-0.15, -0.1) is 0 Å². The van der Waals surface area contributed by atoms with Crippen molar-refractivity contribution in [1.29, 1.82) is 0 Å². The molecule has 146 valence electrons. The van der Waals surface area contributed by atoms with Gasteiger partial charge >= 0.3 is 6.18 Å². The predicted molar refractivity (Wildman–Crippen MR) is 100 cm³/mol. The fraction of sp³-hybridized carbons (Fsp3) is 0.350. The molecule has 4 nitrogen and oxygen atoms in total. The van der Waals surface area contributed by atoms with E-state index in [1.54, 1.807) is 19.2 Å². The smallest absolute Gasteiger partial charge is 0.367 e. The van der Waals surface area contributed by atoms with Gasteiger partial charge in [0.15, 0.2) is 5.96 Å². The molecule has 0 saturated heterocycles. The number of ether oxygens (including phenoxy) is 1. The van der Waals surface area contributed by atoms with Crippen LogP contribution in [0.1, 0.15) is 22.3 Å². The van der Waals surface area contributed by atoms with Crippen molar-refractivity contribution in [2.24, 2.45) is 4.99 Å². The molecule has 0 unspecified atom stereocenters. The highest BCUT2D eigenvalue weighted by Crippen LogP contribution is 2.16. The Labute approximate surface area is 157 Å². The van der Waals surface area contributed by atoms with Crippen LogP contribution in [0.3, 0.4) is 0 Å². The number of alkyl halides is 3. The number of benzene rings is 2. The van der Waals surface area contributed by atoms with E-state index in [0.29, 0.717) is 24.6 Å². The minimum atomic E-state index is -4.31. The second kappa shape index (κ2) is 9.97. The Morgan fingerprint density at radius 2 is 1.70 bits per heavy atom. The van der Waals surface area contributed by atoms with Gasteiger partial charge in [0.25, 0.3) is 0 Å². The van der Waals surface area contributed by atoms with Crippen molar-refractivity contribution in [1.82, 2.24) is 10.6 Å². The predicted octanol–water partition coefficient (Wildman–Crippen LogP) is 3.94. The zero-order chi connectivity index (χ0) is 19.7. The molecule has 27 heavy (non-hydrogen) atoms. The first kappa shape index (κ1) is 20.8. The third-order valence-electron chi connectivity index (χ3n) is 3.92. The van der Waals surface area contributed by atoms with Crippen molar-refractivity contribution in [2.75, 3.05) is 13.7 Å². The van der Waals surface area contributed by atoms with Crippen molar-refractivity contribution < 1.29 is 17.9 Å². The van der Waals surface area contributed by atoms with Crippen molar-refractivity contribution in [3.63, 3.8) is 0 Å². The van der Waals surface area contributed by atoms with Gasteiger partial charge in [0.1, 0.15) is 6.61 Å². The molecular formula is C20H24F3N3O. The van der Waals surface area contributed by atoms with E-state index in [9.17, 15) is 13.2 Å². The SMILES string of the molecule is CN=C(NCc1cccc(COCC(F)(F)F)c1)NCc1ccccc1C. The molecule has 0 aliphatic rings. The summed E-state index contributed by atoms with van der Waals surface area (Å²) >= 11 is 0. The van der Waals surface area contributed by atoms with Crippen molar-refractivity contribution in [3.8, 4) is 0 Å². The second-order valence-corrected chi connectivity index (χ2v) is 6.13. The van der Waals surface area contributed by atoms with Crippen LogP contribution in [0, 0.1) is 6.92 Å². The number of hydrogen-bond donors (Lipinski definition) is 2. The van der Waals surface area contributed by atoms with Gasteiger partial charge in [-0.1, -0.05) is 48.5 Å². The zero-order valence-corrected chi connectivity index (χ0v) is 15.4. The minimum Gasteiger partial charge on any atom is -0.367 e. The monoisotopic (exact) mass is 379 g/mol. The summed E-state index contributed by atoms with van der Waals surface area (Å²) in [6, 6.07) is 15.4. The van der Waals surface area contributed by atoms with Crippen molar-refractivity contribution in [2.45, 2.75) is 32.8 Å². The lowest BCUT2D eigenvalue weighted by Gasteiger charge is -2.14. The first-order valence-corrected chi connectivity index (χ1v) is 8.59. The Balaban J connectivity index is 1.83. The summed E-state index contributed by atoms with van der Waals surface area (Å²) in [7, 11) is 1.69. The summed E-state index contributed by atoms with van der Waals surface area (Å²) in [5.74, 6) is 0.650. The molecule has 2 rings (SSSR count). The summed E-state index contributed by atoms with van der Waals surface area (Å²) in [4.78, 5) is 4.19. The quantitative estimate of drug-likeness (QED) is 0.566. The number of aryl methyl sites for hydroxylation is 1. The molecule has 0 saturated carbocycles. The molecule has 0 fully saturated rings. The highest BCUT2D eigenvalue weighted by molar-refractivity contribution is 5.79. The fourth-order valence-electron chi connectivity index (χ4n) is 2.51. The van der Waals surface area contributed by atoms with Crippen LogP contribution >= 0.6 is 0 Å². The van der Waals surface area contributed by atoms with E-state index in [2.05, 4.69) is 34.7 Å². The molecular weight excluding hydrogens is 355 g/mol. The van der Waals surface area contributed by atoms with Crippen LogP contribution in [0.2, 0.25) is 0 Å². The third kappa shape index (κ3) is 7.70. The Morgan fingerprint density at radius 3 is 2.41 bits per heavy atom. The van der Waals surface area contributed by atoms with Crippen LogP contribution in [-0.2, 0) is 24.4 Å². The normalized spacial score (nSPS) is 12.1. The standard InChI is InChI=1S/C20H24F3N3O/c1-15-6-3-4-9-18(15)12-26-19(24-2)25-11-16-7-5-8-17(10-16)13-27-14-20(21,22)23/h3-10H,11-14H2,1-2H3,(H2,24,25,26). The number of nitrogens with zero attached hydrogens (tertiary/aromatic N) is 1. The average molecular weight is 379 g/mol. The first-order chi connectivity index (χ1) is 12.9. The van der Waals surface area contributed by atoms with Gasteiger partial charge in [-0.25, -0.2) is 0 Å². The van der Waals surface area contributed by atoms with E-state index in [4.69, 9.17) is 4.74 Å². The maximum Gasteiger partial charge on any atom is 0.411 e. The zero-order valence-electron chi connectivity index (χ0n) is 15.4. The van der Waals surface area contributed by atoms with Gasteiger partial charge in [-0.05, 0) is 29.2 Å². The molecule has 0 bridgehead atoms. The Bertz CT molecular complexity index is 760. The fourth-order valence-corrected chi connectivity index (χ4v) is 2.51. The minimum absolute atomic E-state index is 0.0758. The Kier molecular flexibility index (Phi) is 7.67. The van der Waals surface area contributed by atoms with E-state index >= 15 is 0 Å². The number of guanidine groups is 1. The topological polar surface area (TPSA) is 45.7 Å². The maximum absolute atomic E-state index is 12.2. The van der Waals surface area contributed by atoms with Crippen LogP contribution in [0.4, 0.5) is 13.2 Å². The van der Waals surface area contributed by atoms with Crippen LogP contribution in [0.15, 0.2) is 53.5 Å². The summed E-state index contributed by atoms with van der Waals surface area (Å²) < 4.78 is 41.2. The van der Waals surface area contributed by atoms with Gasteiger partial charge < -0.3 is 15.4 Å². The van der Waals surface area contributed by atoms with E-state index < -0.39 is 12.8 Å². The van der Waals surface area contributed by atoms with Gasteiger partial charge in [0, 0.05) is 20.1 Å². The average Bonchev–Trinajstić information content (AvgIpc) is 2.62. The van der Waals surface area contributed by atoms with Crippen molar-refractivity contribution >= 4 is 5.96 Å². The summed E-state index contributed by atoms with van der Waals surface area (Å²) in [5.41, 5.74) is 4.01. The van der Waals surface area contributed by atoms with E-state index in [0.717, 1.165) is 5.56 Å². The highest BCUT2D eigenvalue weighted by Gasteiger charge is 2.27. The van der Waals surface area contributed by atoms with Crippen molar-refractivity contribution in [3.05, 3.63) is 70.8 Å². The number of halogens is 3. The molecule has 2 aromatic rings. The highest BCUT2D eigenvalue weighted by atomic mass is 19.4. The molecule has 0 radical (unpaired) electrons. The number of nitrogens with one attached hydrogen (secondary N) is 2. The third-order valence-corrected chi connectivity index (χ3v) is 3.92. The molecule has 7 heteroatoms. The Morgan fingerprint density at radius 1 is 1.00 bits per heavy atom. The van der Waals surface area contributed by atoms with Gasteiger partial charge in [0.2, 0.25) is 0 Å². The van der Waals surface area contributed by atoms with Gasteiger partial charge in [0.05, 0.1) is 6.61 Å². The number of aliphatic imine (C=N–C) groups is 1. The molecule has 0 spiro atoms. The molecule has 0 aliphatic heterocycles. The summed E-state index contributed by atoms with van der Waals surface area (Å²) in [6.07, 6.45) is -4.31. The summed E-state index contributed by atoms with van der Waals surface area (Å²) in [5, 5.41) is 6.45. The lowest BCUT2D eigenvalue weighted by Crippen LogP contribution is -2.36. The Hall–Kier alpha value is -2.54. The summed E-state index contributed by atoms with van der Waals surface area (Å²) in [6.45, 7) is 1.89. The lowest BCUT2D eigenvalue weighted by atomic mass is 10.1. The number of hydrogen-bond acceptors (Lipinski definition) is 2. The van der Waals surface area contributed by atoms with Crippen LogP contribution in [0.25, 0.3) is 0 Å². The van der Waals surface area contributed by atoms with Crippen LogP contribution in [0.5, 0.6) is 0 Å². The van der Waals surface area contributed by atoms with Crippen LogP contribution < -0.4 is 10.6 Å². The maximum atomic E-state index is 12.2. The second-order valence-electron chi connectivity index (χ2n) is 6.13. The molecule has 0 atom stereocenters. The van der Waals surface area contributed by atoms with E-state index in [1.165, 1.54) is 11.1 Å². The molecule has 0 aliphatic carbocycles. The molecule has 0 aromatic heterocycles. The van der Waals surface area contributed by atoms with Gasteiger partial charge in [-0.3, -0.25) is 4.99 Å². The van der Waals surface area contributed by atoms with E-state index in [-0.39, 0.29) is 6.61 Å². The number of rotatable bonds is 7. The lowest BCUT2D eigenvalue weighted by molar-refractivity contribution is -0.176.